The van der Waals surface area contributed by atoms with E-state index in [0.717, 1.165) is 10.2 Å². The fraction of sp³-hybridized carbons (Fsp3) is 0.143. The second-order valence-electron chi connectivity index (χ2n) is 4.23. The van der Waals surface area contributed by atoms with Gasteiger partial charge in [-0.1, -0.05) is 27.5 Å². The number of hydrogen-bond donors (Lipinski definition) is 1. The molecule has 0 heterocycles. The predicted molar refractivity (Wildman–Crippen MR) is 86.1 cm³/mol. The molecular weight excluding hydrogens is 360 g/mol. The standard InChI is InChI=1S/C14H12BrClN2O3/c1-21-14-5-2-10(15)7-12(14)17-8-9-6-11(16)3-4-13(9)18(19)20/h2-7,17H,8H2,1H3. The van der Waals surface area contributed by atoms with Crippen LogP contribution in [0.15, 0.2) is 40.9 Å². The van der Waals surface area contributed by atoms with Gasteiger partial charge in [0.25, 0.3) is 5.69 Å². The van der Waals surface area contributed by atoms with Crippen LogP contribution in [0.25, 0.3) is 0 Å². The van der Waals surface area contributed by atoms with Gasteiger partial charge in [0.15, 0.2) is 0 Å². The average Bonchev–Trinajstić information content (AvgIpc) is 2.45. The molecule has 0 atom stereocenters. The van der Waals surface area contributed by atoms with Gasteiger partial charge in [-0.15, -0.1) is 0 Å². The molecule has 0 fully saturated rings. The minimum Gasteiger partial charge on any atom is -0.495 e. The van der Waals surface area contributed by atoms with E-state index in [9.17, 15) is 10.1 Å². The first-order valence-corrected chi connectivity index (χ1v) is 7.18. The Hall–Kier alpha value is -1.79. The Labute approximate surface area is 135 Å². The molecule has 0 spiro atoms. The summed E-state index contributed by atoms with van der Waals surface area (Å²) in [7, 11) is 1.57. The fourth-order valence-electron chi connectivity index (χ4n) is 1.88. The summed E-state index contributed by atoms with van der Waals surface area (Å²) in [5.41, 5.74) is 1.27. The molecule has 0 saturated heterocycles. The zero-order valence-electron chi connectivity index (χ0n) is 11.1. The van der Waals surface area contributed by atoms with Gasteiger partial charge in [0, 0.05) is 22.1 Å². The van der Waals surface area contributed by atoms with E-state index in [2.05, 4.69) is 21.2 Å². The number of nitrogens with one attached hydrogen (secondary N) is 1. The zero-order valence-corrected chi connectivity index (χ0v) is 13.4. The lowest BCUT2D eigenvalue weighted by atomic mass is 10.1. The smallest absolute Gasteiger partial charge is 0.274 e. The second kappa shape index (κ2) is 6.78. The summed E-state index contributed by atoms with van der Waals surface area (Å²) in [6.07, 6.45) is 0. The third kappa shape index (κ3) is 3.86. The molecule has 0 unspecified atom stereocenters. The molecule has 2 aromatic carbocycles. The van der Waals surface area contributed by atoms with E-state index in [0.29, 0.717) is 16.3 Å². The molecule has 0 amide bonds. The number of nitro benzene ring substituents is 1. The normalized spacial score (nSPS) is 10.2. The lowest BCUT2D eigenvalue weighted by Gasteiger charge is -2.12. The topological polar surface area (TPSA) is 64.4 Å². The lowest BCUT2D eigenvalue weighted by Crippen LogP contribution is -2.04. The van der Waals surface area contributed by atoms with Crippen LogP contribution in [-0.2, 0) is 6.54 Å². The largest absolute Gasteiger partial charge is 0.495 e. The summed E-state index contributed by atoms with van der Waals surface area (Å²) in [6.45, 7) is 0.268. The zero-order chi connectivity index (χ0) is 15.4. The van der Waals surface area contributed by atoms with E-state index in [-0.39, 0.29) is 12.2 Å². The quantitative estimate of drug-likeness (QED) is 0.614. The van der Waals surface area contributed by atoms with Crippen molar-refractivity contribution in [3.63, 3.8) is 0 Å². The van der Waals surface area contributed by atoms with E-state index in [4.69, 9.17) is 16.3 Å². The van der Waals surface area contributed by atoms with E-state index in [1.54, 1.807) is 19.2 Å². The van der Waals surface area contributed by atoms with E-state index < -0.39 is 4.92 Å². The van der Waals surface area contributed by atoms with Crippen LogP contribution in [0.4, 0.5) is 11.4 Å². The molecule has 0 aliphatic heterocycles. The molecule has 21 heavy (non-hydrogen) atoms. The van der Waals surface area contributed by atoms with Crippen molar-refractivity contribution >= 4 is 38.9 Å². The monoisotopic (exact) mass is 370 g/mol. The van der Waals surface area contributed by atoms with Crippen molar-refractivity contribution in [2.24, 2.45) is 0 Å². The Bertz CT molecular complexity index is 679. The number of ether oxygens (including phenoxy) is 1. The van der Waals surface area contributed by atoms with Gasteiger partial charge < -0.3 is 10.1 Å². The lowest BCUT2D eigenvalue weighted by molar-refractivity contribution is -0.385. The highest BCUT2D eigenvalue weighted by Gasteiger charge is 2.14. The number of nitro groups is 1. The summed E-state index contributed by atoms with van der Waals surface area (Å²) < 4.78 is 6.13. The molecule has 0 bridgehead atoms. The summed E-state index contributed by atoms with van der Waals surface area (Å²) in [5.74, 6) is 0.655. The molecule has 2 aromatic rings. The van der Waals surface area contributed by atoms with Crippen LogP contribution in [0.2, 0.25) is 5.02 Å². The van der Waals surface area contributed by atoms with Gasteiger partial charge in [-0.05, 0) is 30.3 Å². The van der Waals surface area contributed by atoms with Crippen molar-refractivity contribution in [3.05, 3.63) is 61.6 Å². The Kier molecular flexibility index (Phi) is 5.03. The Balaban J connectivity index is 2.26. The molecule has 110 valence electrons. The first-order chi connectivity index (χ1) is 10.0. The maximum atomic E-state index is 11.0. The van der Waals surface area contributed by atoms with Crippen molar-refractivity contribution in [2.45, 2.75) is 6.54 Å². The highest BCUT2D eigenvalue weighted by molar-refractivity contribution is 9.10. The summed E-state index contributed by atoms with van der Waals surface area (Å²) >= 11 is 9.28. The second-order valence-corrected chi connectivity index (χ2v) is 5.58. The van der Waals surface area contributed by atoms with Crippen LogP contribution in [0.5, 0.6) is 5.75 Å². The van der Waals surface area contributed by atoms with Crippen molar-refractivity contribution in [2.75, 3.05) is 12.4 Å². The van der Waals surface area contributed by atoms with Gasteiger partial charge in [0.2, 0.25) is 0 Å². The van der Waals surface area contributed by atoms with E-state index in [1.807, 2.05) is 12.1 Å². The van der Waals surface area contributed by atoms with Crippen LogP contribution < -0.4 is 10.1 Å². The predicted octanol–water partition coefficient (Wildman–Crippen LogP) is 4.63. The van der Waals surface area contributed by atoms with Crippen molar-refractivity contribution in [1.82, 2.24) is 0 Å². The molecule has 7 heteroatoms. The molecule has 0 aliphatic rings. The average molecular weight is 372 g/mol. The van der Waals surface area contributed by atoms with Gasteiger partial charge in [-0.25, -0.2) is 0 Å². The first-order valence-electron chi connectivity index (χ1n) is 6.01. The molecule has 5 nitrogen and oxygen atoms in total. The molecule has 0 aromatic heterocycles. The number of nitrogens with zero attached hydrogens (tertiary/aromatic N) is 1. The van der Waals surface area contributed by atoms with Gasteiger partial charge >= 0.3 is 0 Å². The third-order valence-corrected chi connectivity index (χ3v) is 3.60. The number of rotatable bonds is 5. The summed E-state index contributed by atoms with van der Waals surface area (Å²) in [5, 5.41) is 14.6. The van der Waals surface area contributed by atoms with Gasteiger partial charge in [0.1, 0.15) is 5.75 Å². The maximum absolute atomic E-state index is 11.0. The third-order valence-electron chi connectivity index (χ3n) is 2.87. The van der Waals surface area contributed by atoms with E-state index in [1.165, 1.54) is 12.1 Å². The fourth-order valence-corrected chi connectivity index (χ4v) is 2.44. The number of hydrogen-bond acceptors (Lipinski definition) is 4. The van der Waals surface area contributed by atoms with Gasteiger partial charge in [0.05, 0.1) is 23.3 Å². The highest BCUT2D eigenvalue weighted by Crippen LogP contribution is 2.30. The number of methoxy groups -OCH3 is 1. The van der Waals surface area contributed by atoms with Crippen LogP contribution in [0.3, 0.4) is 0 Å². The van der Waals surface area contributed by atoms with Gasteiger partial charge in [-0.2, -0.15) is 0 Å². The Morgan fingerprint density at radius 3 is 2.76 bits per heavy atom. The van der Waals surface area contributed by atoms with Crippen LogP contribution in [-0.4, -0.2) is 12.0 Å². The summed E-state index contributed by atoms with van der Waals surface area (Å²) in [4.78, 5) is 10.6. The van der Waals surface area contributed by atoms with Crippen LogP contribution >= 0.6 is 27.5 Å². The number of anilines is 1. The van der Waals surface area contributed by atoms with Crippen molar-refractivity contribution in [3.8, 4) is 5.75 Å². The van der Waals surface area contributed by atoms with Crippen molar-refractivity contribution < 1.29 is 9.66 Å². The molecule has 1 N–H and O–H groups in total. The van der Waals surface area contributed by atoms with Crippen LogP contribution in [0, 0.1) is 10.1 Å². The molecule has 0 aliphatic carbocycles. The van der Waals surface area contributed by atoms with Crippen molar-refractivity contribution in [1.29, 1.82) is 0 Å². The minimum atomic E-state index is -0.425. The SMILES string of the molecule is COc1ccc(Br)cc1NCc1cc(Cl)ccc1[N+](=O)[O-]. The molecule has 2 rings (SSSR count). The maximum Gasteiger partial charge on any atom is 0.274 e. The summed E-state index contributed by atoms with van der Waals surface area (Å²) in [6, 6.07) is 9.98. The number of benzene rings is 2. The van der Waals surface area contributed by atoms with Gasteiger partial charge in [-0.3, -0.25) is 10.1 Å². The minimum absolute atomic E-state index is 0.0286. The highest BCUT2D eigenvalue weighted by atomic mass is 79.9. The molecule has 0 radical (unpaired) electrons. The number of halogens is 2. The molecular formula is C14H12BrClN2O3. The van der Waals surface area contributed by atoms with E-state index >= 15 is 0 Å². The Morgan fingerprint density at radius 2 is 2.10 bits per heavy atom. The first kappa shape index (κ1) is 15.6. The Morgan fingerprint density at radius 1 is 1.33 bits per heavy atom. The van der Waals surface area contributed by atoms with Crippen LogP contribution in [0.1, 0.15) is 5.56 Å². The molecule has 0 saturated carbocycles.